The molecule has 1 aliphatic rings. The first-order valence-corrected chi connectivity index (χ1v) is 6.45. The monoisotopic (exact) mass is 248 g/mol. The number of hydrogen-bond donors (Lipinski definition) is 3. The summed E-state index contributed by atoms with van der Waals surface area (Å²) in [4.78, 5) is 10.1. The number of amides is 1. The normalized spacial score (nSPS) is 16.3. The van der Waals surface area contributed by atoms with Crippen molar-refractivity contribution in [2.24, 2.45) is 0 Å². The molecule has 1 aromatic rings. The van der Waals surface area contributed by atoms with Crippen LogP contribution in [-0.4, -0.2) is 36.8 Å². The van der Waals surface area contributed by atoms with E-state index >= 15 is 0 Å². The Morgan fingerprint density at radius 1 is 1.33 bits per heavy atom. The van der Waals surface area contributed by atoms with Crippen LogP contribution < -0.4 is 10.6 Å². The quantitative estimate of drug-likeness (QED) is 0.478. The number of benzene rings is 1. The lowest BCUT2D eigenvalue weighted by atomic mass is 10.1. The van der Waals surface area contributed by atoms with E-state index in [1.54, 1.807) is 0 Å². The second kappa shape index (κ2) is 6.52. The van der Waals surface area contributed by atoms with Gasteiger partial charge in [-0.05, 0) is 30.4 Å². The Kier molecular flexibility index (Phi) is 4.73. The highest BCUT2D eigenvalue weighted by atomic mass is 16.3. The van der Waals surface area contributed by atoms with Crippen LogP contribution >= 0.6 is 0 Å². The lowest BCUT2D eigenvalue weighted by molar-refractivity contribution is -0.109. The molecule has 3 N–H and O–H groups in total. The molecule has 0 spiro atoms. The van der Waals surface area contributed by atoms with Crippen molar-refractivity contribution in [1.29, 1.82) is 0 Å². The number of carbonyl (C=O) groups excluding carboxylic acids is 1. The van der Waals surface area contributed by atoms with E-state index in [1.165, 1.54) is 11.1 Å². The highest BCUT2D eigenvalue weighted by Crippen LogP contribution is 2.21. The molecule has 4 heteroatoms. The van der Waals surface area contributed by atoms with Crippen LogP contribution in [0, 0.1) is 0 Å². The van der Waals surface area contributed by atoms with Gasteiger partial charge in [-0.1, -0.05) is 24.3 Å². The van der Waals surface area contributed by atoms with E-state index in [4.69, 9.17) is 0 Å². The third kappa shape index (κ3) is 3.55. The number of rotatable bonds is 7. The van der Waals surface area contributed by atoms with Gasteiger partial charge in [-0.3, -0.25) is 4.79 Å². The fourth-order valence-corrected chi connectivity index (χ4v) is 2.42. The molecular weight excluding hydrogens is 228 g/mol. The average molecular weight is 248 g/mol. The van der Waals surface area contributed by atoms with Gasteiger partial charge in [-0.2, -0.15) is 0 Å². The van der Waals surface area contributed by atoms with E-state index in [0.29, 0.717) is 32.0 Å². The van der Waals surface area contributed by atoms with Gasteiger partial charge in [0.05, 0.1) is 6.10 Å². The lowest BCUT2D eigenvalue weighted by Crippen LogP contribution is -2.37. The van der Waals surface area contributed by atoms with E-state index in [1.807, 2.05) is 0 Å². The van der Waals surface area contributed by atoms with Gasteiger partial charge in [0.15, 0.2) is 0 Å². The summed E-state index contributed by atoms with van der Waals surface area (Å²) in [7, 11) is 0. The predicted octanol–water partition coefficient (Wildman–Crippen LogP) is 0.240. The Labute approximate surface area is 107 Å². The second-order valence-corrected chi connectivity index (χ2v) is 4.80. The first kappa shape index (κ1) is 13.1. The number of fused-ring (bicyclic) bond motifs is 1. The maximum Gasteiger partial charge on any atom is 0.207 e. The molecule has 1 aliphatic carbocycles. The molecule has 0 aliphatic heterocycles. The molecule has 0 saturated heterocycles. The van der Waals surface area contributed by atoms with Gasteiger partial charge in [-0.15, -0.1) is 0 Å². The maximum atomic E-state index is 10.1. The van der Waals surface area contributed by atoms with Gasteiger partial charge in [0, 0.05) is 19.1 Å². The average Bonchev–Trinajstić information content (AvgIpc) is 2.79. The van der Waals surface area contributed by atoms with Crippen LogP contribution in [0.3, 0.4) is 0 Å². The molecule has 0 bridgehead atoms. The van der Waals surface area contributed by atoms with Crippen LogP contribution in [0.1, 0.15) is 17.5 Å². The number of nitrogens with one attached hydrogen (secondary N) is 2. The maximum absolute atomic E-state index is 10.1. The van der Waals surface area contributed by atoms with Crippen LogP contribution in [0.25, 0.3) is 0 Å². The summed E-state index contributed by atoms with van der Waals surface area (Å²) in [5, 5.41) is 15.7. The van der Waals surface area contributed by atoms with Crippen molar-refractivity contribution in [2.75, 3.05) is 13.1 Å². The molecule has 98 valence electrons. The molecule has 0 aromatic heterocycles. The van der Waals surface area contributed by atoms with Gasteiger partial charge < -0.3 is 15.7 Å². The molecule has 1 amide bonds. The van der Waals surface area contributed by atoms with Crippen molar-refractivity contribution in [3.63, 3.8) is 0 Å². The van der Waals surface area contributed by atoms with Crippen molar-refractivity contribution < 1.29 is 9.90 Å². The van der Waals surface area contributed by atoms with Crippen molar-refractivity contribution in [2.45, 2.75) is 31.4 Å². The fraction of sp³-hybridized carbons (Fsp3) is 0.500. The van der Waals surface area contributed by atoms with E-state index < -0.39 is 6.10 Å². The van der Waals surface area contributed by atoms with Crippen LogP contribution in [0.15, 0.2) is 24.3 Å². The Morgan fingerprint density at radius 2 is 2.00 bits per heavy atom. The molecule has 0 heterocycles. The van der Waals surface area contributed by atoms with Crippen molar-refractivity contribution >= 4 is 6.41 Å². The molecule has 0 radical (unpaired) electrons. The Hall–Kier alpha value is -1.39. The third-order valence-electron chi connectivity index (χ3n) is 3.40. The zero-order chi connectivity index (χ0) is 12.8. The van der Waals surface area contributed by atoms with Crippen molar-refractivity contribution in [1.82, 2.24) is 10.6 Å². The number of aliphatic hydroxyl groups excluding tert-OH is 1. The summed E-state index contributed by atoms with van der Waals surface area (Å²) < 4.78 is 0. The molecule has 4 nitrogen and oxygen atoms in total. The largest absolute Gasteiger partial charge is 0.392 e. The molecule has 1 atom stereocenters. The Balaban J connectivity index is 1.68. The standard InChI is InChI=1S/C14H20N2O2/c17-10-15-6-5-14(18)9-16-13-7-11-3-1-2-4-12(11)8-13/h1-4,10,13-14,16,18H,5-9H2,(H,15,17). The molecule has 0 saturated carbocycles. The number of carbonyl (C=O) groups is 1. The van der Waals surface area contributed by atoms with Gasteiger partial charge in [0.25, 0.3) is 0 Å². The van der Waals surface area contributed by atoms with Gasteiger partial charge in [0.2, 0.25) is 6.41 Å². The van der Waals surface area contributed by atoms with Crippen LogP contribution in [-0.2, 0) is 17.6 Å². The number of aliphatic hydroxyl groups is 1. The number of hydrogen-bond acceptors (Lipinski definition) is 3. The molecule has 2 rings (SSSR count). The summed E-state index contributed by atoms with van der Waals surface area (Å²) >= 11 is 0. The Bertz CT molecular complexity index is 370. The van der Waals surface area contributed by atoms with Crippen LogP contribution in [0.5, 0.6) is 0 Å². The van der Waals surface area contributed by atoms with Crippen molar-refractivity contribution in [3.05, 3.63) is 35.4 Å². The molecule has 0 fully saturated rings. The fourth-order valence-electron chi connectivity index (χ4n) is 2.42. The van der Waals surface area contributed by atoms with E-state index in [0.717, 1.165) is 12.8 Å². The predicted molar refractivity (Wildman–Crippen MR) is 70.3 cm³/mol. The Morgan fingerprint density at radius 3 is 2.61 bits per heavy atom. The highest BCUT2D eigenvalue weighted by Gasteiger charge is 2.20. The zero-order valence-corrected chi connectivity index (χ0v) is 10.4. The SMILES string of the molecule is O=CNCCC(O)CNC1Cc2ccccc2C1. The van der Waals surface area contributed by atoms with E-state index in [9.17, 15) is 9.90 Å². The first-order valence-electron chi connectivity index (χ1n) is 6.45. The van der Waals surface area contributed by atoms with Gasteiger partial charge >= 0.3 is 0 Å². The highest BCUT2D eigenvalue weighted by molar-refractivity contribution is 5.45. The third-order valence-corrected chi connectivity index (χ3v) is 3.40. The molecule has 1 aromatic carbocycles. The second-order valence-electron chi connectivity index (χ2n) is 4.80. The van der Waals surface area contributed by atoms with Crippen molar-refractivity contribution in [3.8, 4) is 0 Å². The molecule has 18 heavy (non-hydrogen) atoms. The summed E-state index contributed by atoms with van der Waals surface area (Å²) in [6.45, 7) is 1.11. The molecular formula is C14H20N2O2. The van der Waals surface area contributed by atoms with E-state index in [2.05, 4.69) is 34.9 Å². The lowest BCUT2D eigenvalue weighted by Gasteiger charge is -2.16. The van der Waals surface area contributed by atoms with Crippen LogP contribution in [0.2, 0.25) is 0 Å². The molecule has 1 unspecified atom stereocenters. The summed E-state index contributed by atoms with van der Waals surface area (Å²) in [6.07, 6.45) is 2.92. The van der Waals surface area contributed by atoms with Crippen LogP contribution in [0.4, 0.5) is 0 Å². The summed E-state index contributed by atoms with van der Waals surface area (Å²) in [5.41, 5.74) is 2.82. The summed E-state index contributed by atoms with van der Waals surface area (Å²) in [5.74, 6) is 0. The zero-order valence-electron chi connectivity index (χ0n) is 10.4. The van der Waals surface area contributed by atoms with E-state index in [-0.39, 0.29) is 0 Å². The minimum atomic E-state index is -0.402. The minimum Gasteiger partial charge on any atom is -0.392 e. The van der Waals surface area contributed by atoms with Gasteiger partial charge in [0.1, 0.15) is 0 Å². The summed E-state index contributed by atoms with van der Waals surface area (Å²) in [6, 6.07) is 8.90. The minimum absolute atomic E-state index is 0.402. The smallest absolute Gasteiger partial charge is 0.207 e. The topological polar surface area (TPSA) is 61.4 Å². The first-order chi connectivity index (χ1) is 8.79. The van der Waals surface area contributed by atoms with Gasteiger partial charge in [-0.25, -0.2) is 0 Å².